The van der Waals surface area contributed by atoms with Crippen LogP contribution in [0.1, 0.15) is 46.7 Å². The SMILES string of the molecule is COC(=O)c1nn(COCC[Si](C)(C)C)c2cc(Nc3nc(NC4CC4)c4occc4n3)ccc12.C[Si](C)(C)CCOCn1nc(C(=O)O)c2ccc(Nc3nc(NC4CC4)c4occc4n3)cc21. The summed E-state index contributed by atoms with van der Waals surface area (Å²) in [6.07, 6.45) is 7.68. The number of rotatable bonds is 20. The van der Waals surface area contributed by atoms with E-state index in [1.807, 2.05) is 30.3 Å². The van der Waals surface area contributed by atoms with Gasteiger partial charge in [-0.15, -0.1) is 0 Å². The number of esters is 1. The van der Waals surface area contributed by atoms with Gasteiger partial charge in [0.2, 0.25) is 11.9 Å². The fourth-order valence-electron chi connectivity index (χ4n) is 7.30. The Morgan fingerprint density at radius 1 is 0.667 bits per heavy atom. The van der Waals surface area contributed by atoms with Gasteiger partial charge in [-0.2, -0.15) is 20.2 Å². The van der Waals surface area contributed by atoms with Crippen LogP contribution in [-0.4, -0.2) is 105 Å². The third-order valence-corrected chi connectivity index (χ3v) is 14.9. The summed E-state index contributed by atoms with van der Waals surface area (Å²) >= 11 is 0. The van der Waals surface area contributed by atoms with Crippen LogP contribution in [0.5, 0.6) is 0 Å². The quantitative estimate of drug-likeness (QED) is 0.0271. The standard InChI is InChI=1S/C24H30N6O4Si.C23H28N6O4Si/c1-32-23(31)20-17-8-7-16(13-19(17)30(29-20)14-33-11-12-35(2,3)4)26-24-27-18-9-10-34-21(18)22(28-24)25-15-5-6-15;1-34(2,3)11-10-32-13-29-18-12-15(6-7-16(18)19(28-29)22(30)31)25-23-26-17-8-9-33-20(17)21(27-23)24-14-4-5-14/h7-10,13,15H,5-6,11-12,14H2,1-4H3,(H2,25,26,27,28);6-9,12,14H,4-5,10-11,13H2,1-3H3,(H,30,31)(H2,24,25,26,27). The van der Waals surface area contributed by atoms with Crippen LogP contribution < -0.4 is 21.3 Å². The monoisotopic (exact) mass is 974 g/mol. The Hall–Kier alpha value is -6.89. The number of carboxylic acid groups (broad SMARTS) is 1. The molecule has 5 N–H and O–H groups in total. The molecule has 0 aliphatic heterocycles. The third kappa shape index (κ3) is 11.7. The van der Waals surface area contributed by atoms with Crippen LogP contribution in [0.3, 0.4) is 0 Å². The molecule has 10 rings (SSSR count). The molecule has 362 valence electrons. The van der Waals surface area contributed by atoms with Crippen LogP contribution in [0.25, 0.3) is 44.0 Å². The van der Waals surface area contributed by atoms with Crippen LogP contribution in [0.2, 0.25) is 51.4 Å². The van der Waals surface area contributed by atoms with Crippen molar-refractivity contribution >= 4 is 107 Å². The van der Waals surface area contributed by atoms with E-state index in [2.05, 4.69) is 90.7 Å². The second-order valence-electron chi connectivity index (χ2n) is 19.8. The summed E-state index contributed by atoms with van der Waals surface area (Å²) in [5.41, 5.74) is 5.86. The average Bonchev–Trinajstić information content (AvgIpc) is 4.08. The number of methoxy groups -OCH3 is 1. The number of carbonyl (C=O) groups is 2. The van der Waals surface area contributed by atoms with E-state index in [0.717, 1.165) is 54.5 Å². The fourth-order valence-corrected chi connectivity index (χ4v) is 8.81. The second-order valence-corrected chi connectivity index (χ2v) is 31.0. The predicted octanol–water partition coefficient (Wildman–Crippen LogP) is 9.89. The Morgan fingerprint density at radius 3 is 1.54 bits per heavy atom. The number of anilines is 6. The first kappa shape index (κ1) is 47.2. The molecule has 0 spiro atoms. The lowest BCUT2D eigenvalue weighted by Crippen LogP contribution is -2.22. The molecule has 0 amide bonds. The van der Waals surface area contributed by atoms with E-state index in [9.17, 15) is 14.7 Å². The maximum Gasteiger partial charge on any atom is 0.359 e. The lowest BCUT2D eigenvalue weighted by atomic mass is 10.2. The molecule has 2 aromatic carbocycles. The van der Waals surface area contributed by atoms with Crippen molar-refractivity contribution in [2.24, 2.45) is 0 Å². The molecule has 0 bridgehead atoms. The highest BCUT2D eigenvalue weighted by molar-refractivity contribution is 6.76. The topological polar surface area (TPSA) is 244 Å². The minimum atomic E-state index is -1.22. The van der Waals surface area contributed by atoms with E-state index in [1.165, 1.54) is 7.11 Å². The molecule has 22 heteroatoms. The maximum atomic E-state index is 12.3. The number of benzene rings is 2. The number of fused-ring (bicyclic) bond motifs is 4. The molecule has 8 aromatic rings. The number of ether oxygens (including phenoxy) is 3. The molecule has 20 nitrogen and oxygen atoms in total. The zero-order chi connectivity index (χ0) is 48.5. The van der Waals surface area contributed by atoms with Crippen LogP contribution in [-0.2, 0) is 27.7 Å². The molecule has 2 saturated carbocycles. The summed E-state index contributed by atoms with van der Waals surface area (Å²) in [5, 5.41) is 32.9. The number of aromatic carboxylic acids is 1. The Morgan fingerprint density at radius 2 is 1.12 bits per heavy atom. The lowest BCUT2D eigenvalue weighted by molar-refractivity contribution is 0.0584. The minimum absolute atomic E-state index is 0.00216. The molecule has 2 aliphatic carbocycles. The van der Waals surface area contributed by atoms with Gasteiger partial charge in [0, 0.05) is 75.7 Å². The highest BCUT2D eigenvalue weighted by atomic mass is 28.3. The van der Waals surface area contributed by atoms with E-state index in [-0.39, 0.29) is 24.8 Å². The van der Waals surface area contributed by atoms with Crippen molar-refractivity contribution in [2.75, 3.05) is 41.6 Å². The van der Waals surface area contributed by atoms with Crippen LogP contribution in [0, 0.1) is 0 Å². The number of nitrogens with zero attached hydrogens (tertiary/aromatic N) is 8. The van der Waals surface area contributed by atoms with Crippen molar-refractivity contribution in [3.8, 4) is 0 Å². The first-order valence-corrected chi connectivity index (χ1v) is 30.5. The second kappa shape index (κ2) is 19.6. The number of nitrogens with one attached hydrogen (secondary N) is 4. The lowest BCUT2D eigenvalue weighted by Gasteiger charge is -2.15. The van der Waals surface area contributed by atoms with Gasteiger partial charge < -0.3 is 49.4 Å². The highest BCUT2D eigenvalue weighted by Gasteiger charge is 2.26. The average molecular weight is 975 g/mol. The van der Waals surface area contributed by atoms with Crippen LogP contribution >= 0.6 is 0 Å². The molecular weight excluding hydrogens is 917 g/mol. The van der Waals surface area contributed by atoms with E-state index in [0.29, 0.717) is 87.5 Å². The number of furan rings is 2. The summed E-state index contributed by atoms with van der Waals surface area (Å²) in [6, 6.07) is 17.5. The molecule has 0 saturated heterocycles. The zero-order valence-electron chi connectivity index (χ0n) is 39.9. The predicted molar refractivity (Wildman–Crippen MR) is 269 cm³/mol. The van der Waals surface area contributed by atoms with Crippen molar-refractivity contribution in [3.05, 3.63) is 72.4 Å². The van der Waals surface area contributed by atoms with Gasteiger partial charge in [-0.1, -0.05) is 39.3 Å². The minimum Gasteiger partial charge on any atom is -0.476 e. The number of carbonyl (C=O) groups excluding carboxylic acids is 1. The van der Waals surface area contributed by atoms with E-state index in [4.69, 9.17) is 23.0 Å². The van der Waals surface area contributed by atoms with Gasteiger partial charge in [-0.25, -0.2) is 28.9 Å². The van der Waals surface area contributed by atoms with Gasteiger partial charge in [-0.3, -0.25) is 0 Å². The summed E-state index contributed by atoms with van der Waals surface area (Å²) in [5.74, 6) is 0.659. The summed E-state index contributed by atoms with van der Waals surface area (Å²) < 4.78 is 31.1. The van der Waals surface area contributed by atoms with Gasteiger partial charge >= 0.3 is 11.9 Å². The van der Waals surface area contributed by atoms with Gasteiger partial charge in [0.05, 0.1) is 30.7 Å². The maximum absolute atomic E-state index is 12.3. The van der Waals surface area contributed by atoms with Gasteiger partial charge in [-0.05, 0) is 74.2 Å². The van der Waals surface area contributed by atoms with Crippen molar-refractivity contribution in [1.82, 2.24) is 39.5 Å². The molecule has 0 radical (unpaired) electrons. The molecule has 6 heterocycles. The highest BCUT2D eigenvalue weighted by Crippen LogP contribution is 2.33. The van der Waals surface area contributed by atoms with Crippen molar-refractivity contribution in [2.45, 2.75) is 103 Å². The Balaban J connectivity index is 0.000000172. The number of aromatic nitrogens is 8. The Kier molecular flexibility index (Phi) is 13.4. The zero-order valence-corrected chi connectivity index (χ0v) is 41.9. The smallest absolute Gasteiger partial charge is 0.359 e. The van der Waals surface area contributed by atoms with E-state index < -0.39 is 28.1 Å². The van der Waals surface area contributed by atoms with Crippen LogP contribution in [0.15, 0.2) is 69.9 Å². The molecule has 2 fully saturated rings. The molecule has 0 unspecified atom stereocenters. The Labute approximate surface area is 399 Å². The first-order chi connectivity index (χ1) is 33.1. The van der Waals surface area contributed by atoms with E-state index in [1.54, 1.807) is 40.1 Å². The van der Waals surface area contributed by atoms with Crippen molar-refractivity contribution in [1.29, 1.82) is 0 Å². The molecule has 0 atom stereocenters. The van der Waals surface area contributed by atoms with Crippen LogP contribution in [0.4, 0.5) is 34.9 Å². The number of hydrogen-bond donors (Lipinski definition) is 5. The van der Waals surface area contributed by atoms with E-state index >= 15 is 0 Å². The summed E-state index contributed by atoms with van der Waals surface area (Å²) in [6.45, 7) is 15.5. The number of hydrogen-bond acceptors (Lipinski definition) is 17. The van der Waals surface area contributed by atoms with Crippen molar-refractivity contribution in [3.63, 3.8) is 0 Å². The summed E-state index contributed by atoms with van der Waals surface area (Å²) in [7, 11) is -1.08. The normalized spacial score (nSPS) is 14.0. The largest absolute Gasteiger partial charge is 0.476 e. The molecule has 2 aliphatic rings. The van der Waals surface area contributed by atoms with Gasteiger partial charge in [0.25, 0.3) is 0 Å². The Bertz CT molecular complexity index is 3140. The molecule has 69 heavy (non-hydrogen) atoms. The third-order valence-electron chi connectivity index (χ3n) is 11.5. The van der Waals surface area contributed by atoms with Crippen molar-refractivity contribution < 1.29 is 37.7 Å². The fraction of sp³-hybridized carbons (Fsp3) is 0.404. The molecular formula is C47H58N12O8Si2. The molecule has 6 aromatic heterocycles. The summed E-state index contributed by atoms with van der Waals surface area (Å²) in [4.78, 5) is 42.4. The van der Waals surface area contributed by atoms with Gasteiger partial charge in [0.15, 0.2) is 34.2 Å². The van der Waals surface area contributed by atoms with Gasteiger partial charge in [0.1, 0.15) is 24.5 Å². The first-order valence-electron chi connectivity index (χ1n) is 23.1. The number of carboxylic acids is 1.